The van der Waals surface area contributed by atoms with E-state index in [-0.39, 0.29) is 11.8 Å². The van der Waals surface area contributed by atoms with Crippen molar-refractivity contribution in [1.29, 1.82) is 0 Å². The summed E-state index contributed by atoms with van der Waals surface area (Å²) >= 11 is 5.94. The molecule has 2 saturated heterocycles. The molecule has 3 rings (SSSR count). The van der Waals surface area contributed by atoms with Gasteiger partial charge in [-0.15, -0.1) is 0 Å². The first-order valence-corrected chi connectivity index (χ1v) is 9.57. The molecule has 1 aromatic rings. The minimum absolute atomic E-state index is 0.172. The molecule has 0 spiro atoms. The van der Waals surface area contributed by atoms with Crippen LogP contribution in [0.1, 0.15) is 27.2 Å². The van der Waals surface area contributed by atoms with Gasteiger partial charge in [0.05, 0.1) is 0 Å². The fourth-order valence-electron chi connectivity index (χ4n) is 3.57. The van der Waals surface area contributed by atoms with Gasteiger partial charge in [-0.1, -0.05) is 18.5 Å². The van der Waals surface area contributed by atoms with Crippen LogP contribution in [0.25, 0.3) is 0 Å². The van der Waals surface area contributed by atoms with Crippen LogP contribution in [0.4, 0.5) is 10.5 Å². The van der Waals surface area contributed by atoms with Crippen LogP contribution in [0.2, 0.25) is 5.02 Å². The lowest BCUT2D eigenvalue weighted by Gasteiger charge is -2.38. The van der Waals surface area contributed by atoms with E-state index in [0.29, 0.717) is 37.6 Å². The summed E-state index contributed by atoms with van der Waals surface area (Å²) in [5.74, 6) is -0.526. The van der Waals surface area contributed by atoms with Gasteiger partial charge in [0, 0.05) is 36.9 Å². The normalized spacial score (nSPS) is 20.7. The number of imide groups is 1. The third-order valence-corrected chi connectivity index (χ3v) is 5.41. The molecule has 2 fully saturated rings. The van der Waals surface area contributed by atoms with Crippen molar-refractivity contribution in [1.82, 2.24) is 15.1 Å². The van der Waals surface area contributed by atoms with Gasteiger partial charge in [-0.25, -0.2) is 9.69 Å². The summed E-state index contributed by atoms with van der Waals surface area (Å²) in [6.07, 6.45) is 0.394. The Balaban J connectivity index is 1.66. The number of halogens is 1. The molecule has 0 aromatic heterocycles. The lowest BCUT2D eigenvalue weighted by atomic mass is 10.0. The van der Waals surface area contributed by atoms with Crippen LogP contribution >= 0.6 is 11.6 Å². The summed E-state index contributed by atoms with van der Waals surface area (Å²) in [5.41, 5.74) is 0.0901. The number of anilines is 1. The number of hydrogen-bond donors (Lipinski definition) is 1. The lowest BCUT2D eigenvalue weighted by molar-refractivity contribution is -0.143. The predicted molar refractivity (Wildman–Crippen MR) is 104 cm³/mol. The average molecular weight is 393 g/mol. The van der Waals surface area contributed by atoms with Gasteiger partial charge in [0.25, 0.3) is 5.91 Å². The molecule has 4 amide bonds. The van der Waals surface area contributed by atoms with Gasteiger partial charge in [-0.2, -0.15) is 0 Å². The predicted octanol–water partition coefficient (Wildman–Crippen LogP) is 2.10. The maximum absolute atomic E-state index is 13.0. The van der Waals surface area contributed by atoms with E-state index in [1.165, 1.54) is 0 Å². The number of hydrogen-bond acceptors (Lipinski definition) is 4. The van der Waals surface area contributed by atoms with E-state index in [0.717, 1.165) is 10.6 Å². The van der Waals surface area contributed by atoms with Crippen LogP contribution in [0.15, 0.2) is 24.3 Å². The molecule has 146 valence electrons. The highest BCUT2D eigenvalue weighted by Crippen LogP contribution is 2.23. The van der Waals surface area contributed by atoms with Crippen LogP contribution in [-0.2, 0) is 9.59 Å². The summed E-state index contributed by atoms with van der Waals surface area (Å²) in [5, 5.41) is 3.34. The van der Waals surface area contributed by atoms with Crippen molar-refractivity contribution in [3.63, 3.8) is 0 Å². The van der Waals surface area contributed by atoms with E-state index in [1.54, 1.807) is 18.7 Å². The molecule has 27 heavy (non-hydrogen) atoms. The largest absolute Gasteiger partial charge is 0.368 e. The molecule has 8 heteroatoms. The SMILES string of the molecule is CCC(C(=O)N1CCN(c2ccc(Cl)cc2)CC1)N1C(=O)NC(C)(C)C1=O. The zero-order valence-corrected chi connectivity index (χ0v) is 16.6. The summed E-state index contributed by atoms with van der Waals surface area (Å²) < 4.78 is 0. The molecule has 1 N–H and O–H groups in total. The smallest absolute Gasteiger partial charge is 0.325 e. The molecule has 2 aliphatic heterocycles. The topological polar surface area (TPSA) is 73.0 Å². The van der Waals surface area contributed by atoms with Crippen molar-refractivity contribution < 1.29 is 14.4 Å². The van der Waals surface area contributed by atoms with Crippen LogP contribution in [0.3, 0.4) is 0 Å². The zero-order chi connectivity index (χ0) is 19.8. The summed E-state index contributed by atoms with van der Waals surface area (Å²) in [6, 6.07) is 6.36. The van der Waals surface area contributed by atoms with Crippen LogP contribution < -0.4 is 10.2 Å². The molecular weight excluding hydrogens is 368 g/mol. The first-order valence-electron chi connectivity index (χ1n) is 9.19. The number of benzene rings is 1. The highest BCUT2D eigenvalue weighted by molar-refractivity contribution is 6.30. The fraction of sp³-hybridized carbons (Fsp3) is 0.526. The number of nitrogens with zero attached hydrogens (tertiary/aromatic N) is 3. The Labute approximate surface area is 164 Å². The van der Waals surface area contributed by atoms with Crippen molar-refractivity contribution >= 4 is 35.1 Å². The first-order chi connectivity index (χ1) is 12.7. The minimum atomic E-state index is -0.974. The molecule has 1 unspecified atom stereocenters. The number of amides is 4. The third kappa shape index (κ3) is 3.74. The molecule has 0 radical (unpaired) electrons. The second kappa shape index (κ2) is 7.38. The Bertz CT molecular complexity index is 742. The maximum atomic E-state index is 13.0. The Morgan fingerprint density at radius 1 is 1.15 bits per heavy atom. The fourth-order valence-corrected chi connectivity index (χ4v) is 3.70. The second-order valence-electron chi connectivity index (χ2n) is 7.44. The van der Waals surface area contributed by atoms with E-state index in [9.17, 15) is 14.4 Å². The molecular formula is C19H25ClN4O3. The number of nitrogens with one attached hydrogen (secondary N) is 1. The lowest BCUT2D eigenvalue weighted by Crippen LogP contribution is -2.56. The van der Waals surface area contributed by atoms with Gasteiger partial charge in [0.15, 0.2) is 0 Å². The molecule has 0 bridgehead atoms. The summed E-state index contributed by atoms with van der Waals surface area (Å²) in [7, 11) is 0. The third-order valence-electron chi connectivity index (χ3n) is 5.16. The van der Waals surface area contributed by atoms with Crippen molar-refractivity contribution in [3.8, 4) is 0 Å². The standard InChI is InChI=1S/C19H25ClN4O3/c1-4-15(24-17(26)19(2,3)21-18(24)27)16(25)23-11-9-22(10-12-23)14-7-5-13(20)6-8-14/h5-8,15H,4,9-12H2,1-3H3,(H,21,27). The van der Waals surface area contributed by atoms with E-state index in [1.807, 2.05) is 31.2 Å². The van der Waals surface area contributed by atoms with Crippen LogP contribution in [0, 0.1) is 0 Å². The number of urea groups is 1. The highest BCUT2D eigenvalue weighted by atomic mass is 35.5. The van der Waals surface area contributed by atoms with E-state index >= 15 is 0 Å². The van der Waals surface area contributed by atoms with Crippen LogP contribution in [0.5, 0.6) is 0 Å². The van der Waals surface area contributed by atoms with E-state index in [2.05, 4.69) is 10.2 Å². The van der Waals surface area contributed by atoms with Crippen molar-refractivity contribution in [2.75, 3.05) is 31.1 Å². The Kier molecular flexibility index (Phi) is 5.33. The molecule has 0 aliphatic carbocycles. The van der Waals surface area contributed by atoms with Crippen LogP contribution in [-0.4, -0.2) is 65.4 Å². The first kappa shape index (κ1) is 19.5. The number of carbonyl (C=O) groups excluding carboxylic acids is 3. The number of rotatable bonds is 4. The van der Waals surface area contributed by atoms with Gasteiger partial charge < -0.3 is 15.1 Å². The Morgan fingerprint density at radius 3 is 2.22 bits per heavy atom. The molecule has 1 aromatic carbocycles. The molecule has 1 atom stereocenters. The monoisotopic (exact) mass is 392 g/mol. The van der Waals surface area contributed by atoms with Gasteiger partial charge >= 0.3 is 6.03 Å². The van der Waals surface area contributed by atoms with Crippen molar-refractivity contribution in [2.24, 2.45) is 0 Å². The van der Waals surface area contributed by atoms with Crippen molar-refractivity contribution in [3.05, 3.63) is 29.3 Å². The second-order valence-corrected chi connectivity index (χ2v) is 7.88. The minimum Gasteiger partial charge on any atom is -0.368 e. The molecule has 7 nitrogen and oxygen atoms in total. The molecule has 2 heterocycles. The maximum Gasteiger partial charge on any atom is 0.325 e. The Hall–Kier alpha value is -2.28. The number of carbonyl (C=O) groups is 3. The summed E-state index contributed by atoms with van der Waals surface area (Å²) in [6.45, 7) is 7.59. The Morgan fingerprint density at radius 2 is 1.74 bits per heavy atom. The average Bonchev–Trinajstić information content (AvgIpc) is 2.85. The number of piperazine rings is 1. The van der Waals surface area contributed by atoms with E-state index in [4.69, 9.17) is 11.6 Å². The molecule has 0 saturated carbocycles. The van der Waals surface area contributed by atoms with E-state index < -0.39 is 17.6 Å². The van der Waals surface area contributed by atoms with Gasteiger partial charge in [-0.3, -0.25) is 9.59 Å². The molecule has 2 aliphatic rings. The van der Waals surface area contributed by atoms with Crippen molar-refractivity contribution in [2.45, 2.75) is 38.8 Å². The summed E-state index contributed by atoms with van der Waals surface area (Å²) in [4.78, 5) is 42.8. The van der Waals surface area contributed by atoms with Gasteiger partial charge in [0.2, 0.25) is 5.91 Å². The zero-order valence-electron chi connectivity index (χ0n) is 15.9. The highest BCUT2D eigenvalue weighted by Gasteiger charge is 2.49. The van der Waals surface area contributed by atoms with Gasteiger partial charge in [0.1, 0.15) is 11.6 Å². The van der Waals surface area contributed by atoms with Gasteiger partial charge in [-0.05, 0) is 44.5 Å². The quantitative estimate of drug-likeness (QED) is 0.796.